The van der Waals surface area contributed by atoms with Crippen molar-refractivity contribution in [2.45, 2.75) is 32.8 Å². The molecule has 2 atom stereocenters. The highest BCUT2D eigenvalue weighted by Crippen LogP contribution is 2.26. The second-order valence-electron chi connectivity index (χ2n) is 3.85. The summed E-state index contributed by atoms with van der Waals surface area (Å²) in [7, 11) is 0. The summed E-state index contributed by atoms with van der Waals surface area (Å²) in [5.41, 5.74) is -1.67. The third-order valence-corrected chi connectivity index (χ3v) is 2.20. The molecule has 0 spiro atoms. The summed E-state index contributed by atoms with van der Waals surface area (Å²) < 4.78 is 0. The molecular weight excluding hydrogens is 168 g/mol. The monoisotopic (exact) mass is 186 g/mol. The van der Waals surface area contributed by atoms with Crippen molar-refractivity contribution in [2.75, 3.05) is 0 Å². The van der Waals surface area contributed by atoms with Crippen molar-refractivity contribution in [3.63, 3.8) is 0 Å². The van der Waals surface area contributed by atoms with Crippen LogP contribution in [-0.2, 0) is 4.79 Å². The van der Waals surface area contributed by atoms with Crippen LogP contribution in [0.5, 0.6) is 0 Å². The standard InChI is InChI=1S/C10H18O3/c1-5-8(4)10(13,9(11)12)6-7(2)3/h5,7-8,13H,1,6H2,2-4H3,(H,11,12). The number of aliphatic hydroxyl groups is 1. The molecule has 0 saturated carbocycles. The molecule has 0 aliphatic carbocycles. The molecule has 0 saturated heterocycles. The third kappa shape index (κ3) is 2.84. The largest absolute Gasteiger partial charge is 0.479 e. The van der Waals surface area contributed by atoms with Crippen LogP contribution in [0.1, 0.15) is 27.2 Å². The van der Waals surface area contributed by atoms with Gasteiger partial charge in [0.05, 0.1) is 0 Å². The van der Waals surface area contributed by atoms with Crippen LogP contribution in [0.2, 0.25) is 0 Å². The van der Waals surface area contributed by atoms with Crippen LogP contribution in [0, 0.1) is 11.8 Å². The fourth-order valence-corrected chi connectivity index (χ4v) is 1.29. The Morgan fingerprint density at radius 1 is 1.54 bits per heavy atom. The molecule has 0 aromatic rings. The Morgan fingerprint density at radius 2 is 2.00 bits per heavy atom. The predicted molar refractivity (Wildman–Crippen MR) is 51.4 cm³/mol. The molecule has 0 bridgehead atoms. The number of hydrogen-bond acceptors (Lipinski definition) is 2. The fraction of sp³-hybridized carbons (Fsp3) is 0.700. The van der Waals surface area contributed by atoms with Gasteiger partial charge in [0.15, 0.2) is 5.60 Å². The molecule has 0 radical (unpaired) electrons. The Bertz CT molecular complexity index is 198. The van der Waals surface area contributed by atoms with E-state index >= 15 is 0 Å². The first-order valence-electron chi connectivity index (χ1n) is 4.43. The molecule has 13 heavy (non-hydrogen) atoms. The number of aliphatic carboxylic acids is 1. The molecule has 3 heteroatoms. The van der Waals surface area contributed by atoms with Gasteiger partial charge in [0.1, 0.15) is 0 Å². The summed E-state index contributed by atoms with van der Waals surface area (Å²) in [6.45, 7) is 8.91. The van der Waals surface area contributed by atoms with Gasteiger partial charge in [0.2, 0.25) is 0 Å². The summed E-state index contributed by atoms with van der Waals surface area (Å²) in [5, 5.41) is 18.7. The molecule has 0 amide bonds. The van der Waals surface area contributed by atoms with Crippen LogP contribution < -0.4 is 0 Å². The average Bonchev–Trinajstić information content (AvgIpc) is 2.01. The number of carboxylic acids is 1. The number of carboxylic acid groups (broad SMARTS) is 1. The maximum atomic E-state index is 10.9. The summed E-state index contributed by atoms with van der Waals surface area (Å²) in [6.07, 6.45) is 1.71. The van der Waals surface area contributed by atoms with E-state index < -0.39 is 17.5 Å². The molecule has 0 aromatic heterocycles. The Hall–Kier alpha value is -0.830. The van der Waals surface area contributed by atoms with E-state index in [1.54, 1.807) is 6.92 Å². The summed E-state index contributed by atoms with van der Waals surface area (Å²) in [5.74, 6) is -1.47. The summed E-state index contributed by atoms with van der Waals surface area (Å²) in [6, 6.07) is 0. The van der Waals surface area contributed by atoms with E-state index in [9.17, 15) is 9.90 Å². The molecule has 76 valence electrons. The minimum Gasteiger partial charge on any atom is -0.479 e. The van der Waals surface area contributed by atoms with Crippen LogP contribution in [-0.4, -0.2) is 21.8 Å². The minimum absolute atomic E-state index is 0.142. The highest BCUT2D eigenvalue weighted by atomic mass is 16.4. The predicted octanol–water partition coefficient (Wildman–Crippen LogP) is 1.67. The lowest BCUT2D eigenvalue weighted by Crippen LogP contribution is -2.45. The van der Waals surface area contributed by atoms with Crippen LogP contribution in [0.25, 0.3) is 0 Å². The maximum absolute atomic E-state index is 10.9. The molecule has 0 aliphatic heterocycles. The zero-order chi connectivity index (χ0) is 10.6. The van der Waals surface area contributed by atoms with Gasteiger partial charge in [-0.3, -0.25) is 0 Å². The lowest BCUT2D eigenvalue weighted by atomic mass is 9.82. The van der Waals surface area contributed by atoms with E-state index in [0.29, 0.717) is 0 Å². The van der Waals surface area contributed by atoms with Gasteiger partial charge in [0.25, 0.3) is 0 Å². The van der Waals surface area contributed by atoms with Crippen molar-refractivity contribution in [1.29, 1.82) is 0 Å². The molecule has 0 aromatic carbocycles. The van der Waals surface area contributed by atoms with Crippen LogP contribution in [0.3, 0.4) is 0 Å². The second-order valence-corrected chi connectivity index (χ2v) is 3.85. The van der Waals surface area contributed by atoms with Gasteiger partial charge in [-0.2, -0.15) is 0 Å². The number of hydrogen-bond donors (Lipinski definition) is 2. The number of carbonyl (C=O) groups is 1. The van der Waals surface area contributed by atoms with E-state index in [1.807, 2.05) is 13.8 Å². The van der Waals surface area contributed by atoms with Crippen molar-refractivity contribution < 1.29 is 15.0 Å². The van der Waals surface area contributed by atoms with Gasteiger partial charge in [-0.1, -0.05) is 26.8 Å². The van der Waals surface area contributed by atoms with Crippen molar-refractivity contribution >= 4 is 5.97 Å². The van der Waals surface area contributed by atoms with Gasteiger partial charge in [0, 0.05) is 5.92 Å². The van der Waals surface area contributed by atoms with E-state index in [4.69, 9.17) is 5.11 Å². The molecular formula is C10H18O3. The zero-order valence-electron chi connectivity index (χ0n) is 8.45. The van der Waals surface area contributed by atoms with E-state index in [0.717, 1.165) is 0 Å². The lowest BCUT2D eigenvalue weighted by molar-refractivity contribution is -0.164. The Morgan fingerprint density at radius 3 is 2.23 bits per heavy atom. The van der Waals surface area contributed by atoms with E-state index in [1.165, 1.54) is 6.08 Å². The van der Waals surface area contributed by atoms with Gasteiger partial charge >= 0.3 is 5.97 Å². The molecule has 2 unspecified atom stereocenters. The first kappa shape index (κ1) is 12.2. The first-order chi connectivity index (χ1) is 5.84. The van der Waals surface area contributed by atoms with Gasteiger partial charge in [-0.15, -0.1) is 6.58 Å². The molecule has 0 heterocycles. The molecule has 0 rings (SSSR count). The highest BCUT2D eigenvalue weighted by Gasteiger charge is 2.40. The van der Waals surface area contributed by atoms with Crippen LogP contribution >= 0.6 is 0 Å². The SMILES string of the molecule is C=CC(C)C(O)(CC(C)C)C(=O)O. The second kappa shape index (κ2) is 4.42. The number of rotatable bonds is 5. The van der Waals surface area contributed by atoms with Gasteiger partial charge < -0.3 is 10.2 Å². The summed E-state index contributed by atoms with van der Waals surface area (Å²) >= 11 is 0. The Labute approximate surface area is 79.1 Å². The molecule has 0 aliphatic rings. The molecule has 0 fully saturated rings. The first-order valence-corrected chi connectivity index (χ1v) is 4.43. The van der Waals surface area contributed by atoms with Crippen LogP contribution in [0.4, 0.5) is 0 Å². The quantitative estimate of drug-likeness (QED) is 0.642. The van der Waals surface area contributed by atoms with Gasteiger partial charge in [-0.05, 0) is 12.3 Å². The van der Waals surface area contributed by atoms with Crippen molar-refractivity contribution in [3.05, 3.63) is 12.7 Å². The van der Waals surface area contributed by atoms with Gasteiger partial charge in [-0.25, -0.2) is 4.79 Å². The minimum atomic E-state index is -1.67. The van der Waals surface area contributed by atoms with Crippen LogP contribution in [0.15, 0.2) is 12.7 Å². The average molecular weight is 186 g/mol. The zero-order valence-corrected chi connectivity index (χ0v) is 8.45. The van der Waals surface area contributed by atoms with E-state index in [2.05, 4.69) is 6.58 Å². The topological polar surface area (TPSA) is 57.5 Å². The lowest BCUT2D eigenvalue weighted by Gasteiger charge is -2.29. The highest BCUT2D eigenvalue weighted by molar-refractivity contribution is 5.77. The molecule has 3 nitrogen and oxygen atoms in total. The Kier molecular flexibility index (Phi) is 4.14. The normalized spacial score (nSPS) is 17.9. The van der Waals surface area contributed by atoms with Crippen molar-refractivity contribution in [2.24, 2.45) is 11.8 Å². The van der Waals surface area contributed by atoms with Crippen molar-refractivity contribution in [1.82, 2.24) is 0 Å². The summed E-state index contributed by atoms with van der Waals surface area (Å²) in [4.78, 5) is 10.9. The smallest absolute Gasteiger partial charge is 0.336 e. The molecule has 2 N–H and O–H groups in total. The van der Waals surface area contributed by atoms with E-state index in [-0.39, 0.29) is 12.3 Å². The maximum Gasteiger partial charge on any atom is 0.336 e. The van der Waals surface area contributed by atoms with Crippen molar-refractivity contribution in [3.8, 4) is 0 Å². The third-order valence-electron chi connectivity index (χ3n) is 2.20. The fourth-order valence-electron chi connectivity index (χ4n) is 1.29. The Balaban J connectivity index is 4.72.